The van der Waals surface area contributed by atoms with Crippen LogP contribution in [0.4, 0.5) is 0 Å². The van der Waals surface area contributed by atoms with Crippen molar-refractivity contribution in [2.75, 3.05) is 7.11 Å². The molecule has 1 aliphatic rings. The van der Waals surface area contributed by atoms with Crippen molar-refractivity contribution in [3.8, 4) is 11.5 Å². The van der Waals surface area contributed by atoms with Crippen LogP contribution in [0.2, 0.25) is 0 Å². The summed E-state index contributed by atoms with van der Waals surface area (Å²) in [4.78, 5) is 12.1. The molecule has 1 aromatic rings. The van der Waals surface area contributed by atoms with E-state index in [4.69, 9.17) is 18.8 Å². The van der Waals surface area contributed by atoms with E-state index in [0.717, 1.165) is 5.46 Å². The minimum Gasteiger partial charge on any atom is -0.497 e. The van der Waals surface area contributed by atoms with Crippen molar-refractivity contribution in [1.82, 2.24) is 0 Å². The Kier molecular flexibility index (Phi) is 5.27. The molecule has 25 heavy (non-hydrogen) atoms. The van der Waals surface area contributed by atoms with Gasteiger partial charge in [-0.05, 0) is 59.7 Å². The third-order valence-electron chi connectivity index (χ3n) is 5.07. The summed E-state index contributed by atoms with van der Waals surface area (Å²) >= 11 is 0. The summed E-state index contributed by atoms with van der Waals surface area (Å²) < 4.78 is 23.7. The van der Waals surface area contributed by atoms with E-state index < -0.39 is 23.9 Å². The van der Waals surface area contributed by atoms with Crippen LogP contribution >= 0.6 is 0 Å². The second-order valence-corrected chi connectivity index (χ2v) is 7.88. The van der Waals surface area contributed by atoms with Crippen molar-refractivity contribution in [2.24, 2.45) is 0 Å². The van der Waals surface area contributed by atoms with Crippen molar-refractivity contribution < 1.29 is 23.6 Å². The highest BCUT2D eigenvalue weighted by molar-refractivity contribution is 6.63. The molecule has 0 unspecified atom stereocenters. The summed E-state index contributed by atoms with van der Waals surface area (Å²) in [5, 5.41) is 0. The summed E-state index contributed by atoms with van der Waals surface area (Å²) in [6.07, 6.45) is 0.424. The summed E-state index contributed by atoms with van der Waals surface area (Å²) in [6, 6.07) is 5.42. The van der Waals surface area contributed by atoms with Gasteiger partial charge in [0.25, 0.3) is 0 Å². The van der Waals surface area contributed by atoms with E-state index >= 15 is 0 Å². The highest BCUT2D eigenvalue weighted by Gasteiger charge is 2.52. The zero-order valence-electron chi connectivity index (χ0n) is 16.6. The van der Waals surface area contributed by atoms with Gasteiger partial charge in [0.2, 0.25) is 0 Å². The Morgan fingerprint density at radius 2 is 1.72 bits per heavy atom. The van der Waals surface area contributed by atoms with E-state index in [2.05, 4.69) is 0 Å². The van der Waals surface area contributed by atoms with Crippen LogP contribution in [-0.4, -0.2) is 36.8 Å². The van der Waals surface area contributed by atoms with Crippen LogP contribution in [0.15, 0.2) is 18.2 Å². The van der Waals surface area contributed by atoms with Gasteiger partial charge in [-0.2, -0.15) is 0 Å². The average Bonchev–Trinajstić information content (AvgIpc) is 2.74. The highest BCUT2D eigenvalue weighted by Crippen LogP contribution is 2.37. The van der Waals surface area contributed by atoms with Gasteiger partial charge >= 0.3 is 7.12 Å². The quantitative estimate of drug-likeness (QED) is 0.740. The maximum absolute atomic E-state index is 12.1. The van der Waals surface area contributed by atoms with Crippen LogP contribution in [0.25, 0.3) is 0 Å². The Hall–Kier alpha value is -1.53. The molecule has 0 spiro atoms. The lowest BCUT2D eigenvalue weighted by molar-refractivity contribution is -0.131. The summed E-state index contributed by atoms with van der Waals surface area (Å²) in [7, 11) is 1.04. The SMILES string of the molecule is CCC(=O)C(C)(C)Oc1ccc(OC)c(B2OC(C)(C)C(C)(C)O2)c1. The van der Waals surface area contributed by atoms with Crippen molar-refractivity contribution in [3.63, 3.8) is 0 Å². The average molecular weight is 348 g/mol. The lowest BCUT2D eigenvalue weighted by Gasteiger charge is -2.32. The van der Waals surface area contributed by atoms with E-state index in [0.29, 0.717) is 17.9 Å². The topological polar surface area (TPSA) is 54.0 Å². The van der Waals surface area contributed by atoms with Gasteiger partial charge in [0.05, 0.1) is 18.3 Å². The number of ketones is 1. The van der Waals surface area contributed by atoms with Crippen molar-refractivity contribution in [1.29, 1.82) is 0 Å². The molecule has 0 aliphatic carbocycles. The molecular formula is C19H29BO5. The van der Waals surface area contributed by atoms with Gasteiger partial charge < -0.3 is 18.8 Å². The van der Waals surface area contributed by atoms with Crippen LogP contribution in [0.3, 0.4) is 0 Å². The van der Waals surface area contributed by atoms with Crippen LogP contribution in [0.1, 0.15) is 54.9 Å². The van der Waals surface area contributed by atoms with Crippen molar-refractivity contribution in [2.45, 2.75) is 71.7 Å². The van der Waals surface area contributed by atoms with E-state index in [1.165, 1.54) is 0 Å². The standard InChI is InChI=1S/C19H29BO5/c1-9-16(21)17(2,3)23-13-10-11-15(22-8)14(12-13)20-24-18(4,5)19(6,7)25-20/h10-12H,9H2,1-8H3. The molecule has 0 aromatic heterocycles. The number of benzene rings is 1. The van der Waals surface area contributed by atoms with E-state index in [9.17, 15) is 4.79 Å². The minimum absolute atomic E-state index is 0.0421. The number of Topliss-reactive ketones (excluding diaryl/α,β-unsaturated/α-hetero) is 1. The molecule has 1 aromatic carbocycles. The maximum atomic E-state index is 12.1. The largest absolute Gasteiger partial charge is 0.498 e. The number of carbonyl (C=O) groups is 1. The molecule has 1 fully saturated rings. The Bertz CT molecular complexity index is 635. The third kappa shape index (κ3) is 3.85. The molecule has 0 N–H and O–H groups in total. The van der Waals surface area contributed by atoms with Crippen molar-refractivity contribution >= 4 is 18.4 Å². The Morgan fingerprint density at radius 3 is 2.20 bits per heavy atom. The Labute approximate surface area is 151 Å². The molecule has 1 aliphatic heterocycles. The number of ether oxygens (including phenoxy) is 2. The number of hydrogen-bond donors (Lipinski definition) is 0. The van der Waals surface area contributed by atoms with Gasteiger partial charge in [-0.25, -0.2) is 0 Å². The molecule has 0 saturated carbocycles. The fraction of sp³-hybridized carbons (Fsp3) is 0.632. The molecule has 2 rings (SSSR count). The highest BCUT2D eigenvalue weighted by atomic mass is 16.7. The molecule has 1 heterocycles. The predicted molar refractivity (Wildman–Crippen MR) is 98.7 cm³/mol. The first-order chi connectivity index (χ1) is 11.4. The smallest absolute Gasteiger partial charge is 0.497 e. The zero-order chi connectivity index (χ0) is 19.0. The van der Waals surface area contributed by atoms with Crippen LogP contribution in [-0.2, 0) is 14.1 Å². The van der Waals surface area contributed by atoms with Gasteiger partial charge in [-0.1, -0.05) is 6.92 Å². The van der Waals surface area contributed by atoms with Crippen molar-refractivity contribution in [3.05, 3.63) is 18.2 Å². The van der Waals surface area contributed by atoms with E-state index in [-0.39, 0.29) is 5.78 Å². The zero-order valence-corrected chi connectivity index (χ0v) is 16.6. The van der Waals surface area contributed by atoms with Crippen LogP contribution < -0.4 is 14.9 Å². The fourth-order valence-electron chi connectivity index (χ4n) is 2.71. The van der Waals surface area contributed by atoms with Crippen LogP contribution in [0.5, 0.6) is 11.5 Å². The molecule has 0 atom stereocenters. The lowest BCUT2D eigenvalue weighted by atomic mass is 9.78. The van der Waals surface area contributed by atoms with E-state index in [1.807, 2.05) is 46.8 Å². The number of rotatable bonds is 6. The Morgan fingerprint density at radius 1 is 1.16 bits per heavy atom. The van der Waals surface area contributed by atoms with Crippen LogP contribution in [0, 0.1) is 0 Å². The number of hydrogen-bond acceptors (Lipinski definition) is 5. The number of carbonyl (C=O) groups excluding carboxylic acids is 1. The van der Waals surface area contributed by atoms with Gasteiger partial charge in [-0.15, -0.1) is 0 Å². The first kappa shape index (κ1) is 19.8. The number of methoxy groups -OCH3 is 1. The lowest BCUT2D eigenvalue weighted by Crippen LogP contribution is -2.41. The predicted octanol–water partition coefficient (Wildman–Crippen LogP) is 3.13. The van der Waals surface area contributed by atoms with Gasteiger partial charge in [0, 0.05) is 11.9 Å². The molecule has 0 radical (unpaired) electrons. The third-order valence-corrected chi connectivity index (χ3v) is 5.07. The first-order valence-corrected chi connectivity index (χ1v) is 8.69. The molecular weight excluding hydrogens is 319 g/mol. The van der Waals surface area contributed by atoms with Gasteiger partial charge in [0.1, 0.15) is 11.5 Å². The van der Waals surface area contributed by atoms with E-state index in [1.54, 1.807) is 27.0 Å². The maximum Gasteiger partial charge on any atom is 0.498 e. The molecule has 1 saturated heterocycles. The van der Waals surface area contributed by atoms with Gasteiger partial charge in [0.15, 0.2) is 11.4 Å². The molecule has 0 bridgehead atoms. The Balaban J connectivity index is 2.34. The second kappa shape index (κ2) is 6.65. The first-order valence-electron chi connectivity index (χ1n) is 8.69. The monoisotopic (exact) mass is 348 g/mol. The molecule has 6 heteroatoms. The summed E-state index contributed by atoms with van der Waals surface area (Å²) in [5.41, 5.74) is -1.04. The fourth-order valence-corrected chi connectivity index (χ4v) is 2.71. The second-order valence-electron chi connectivity index (χ2n) is 7.88. The summed E-state index contributed by atoms with van der Waals surface area (Å²) in [6.45, 7) is 13.4. The molecule has 5 nitrogen and oxygen atoms in total. The summed E-state index contributed by atoms with van der Waals surface area (Å²) in [5.74, 6) is 1.28. The minimum atomic E-state index is -0.892. The molecule has 138 valence electrons. The van der Waals surface area contributed by atoms with Gasteiger partial charge in [-0.3, -0.25) is 4.79 Å². The normalized spacial score (nSPS) is 19.0. The molecule has 0 amide bonds.